The van der Waals surface area contributed by atoms with Gasteiger partial charge in [-0.3, -0.25) is 4.79 Å². The van der Waals surface area contributed by atoms with Gasteiger partial charge in [-0.1, -0.05) is 6.07 Å². The molecule has 0 aliphatic carbocycles. The minimum atomic E-state index is -3.38. The number of alkyl halides is 2. The minimum Gasteiger partial charge on any atom is -0.363 e. The van der Waals surface area contributed by atoms with E-state index in [0.29, 0.717) is 5.69 Å². The highest BCUT2D eigenvalue weighted by molar-refractivity contribution is 5.79. The average Bonchev–Trinajstić information content (AvgIpc) is 3.42. The lowest BCUT2D eigenvalue weighted by Gasteiger charge is -2.16. The zero-order valence-electron chi connectivity index (χ0n) is 18.6. The van der Waals surface area contributed by atoms with Crippen LogP contribution in [0, 0.1) is 17.1 Å². The number of amides is 1. The van der Waals surface area contributed by atoms with E-state index in [9.17, 15) is 23.2 Å². The molecule has 0 fully saturated rings. The summed E-state index contributed by atoms with van der Waals surface area (Å²) in [5, 5.41) is 18.4. The van der Waals surface area contributed by atoms with Gasteiger partial charge in [0.2, 0.25) is 11.7 Å². The predicted molar refractivity (Wildman–Crippen MR) is 120 cm³/mol. The summed E-state index contributed by atoms with van der Waals surface area (Å²) in [4.78, 5) is 27.7. The fraction of sp³-hybridized carbons (Fsp3) is 0.174. The molecule has 0 unspecified atom stereocenters. The third-order valence-electron chi connectivity index (χ3n) is 5.03. The zero-order chi connectivity index (χ0) is 25.5. The molecule has 182 valence electrons. The Hall–Kier alpha value is -4.86. The Bertz CT molecular complexity index is 1390. The maximum Gasteiger partial charge on any atom is 0.323 e. The molecule has 2 N–H and O–H groups in total. The van der Waals surface area contributed by atoms with Gasteiger partial charge in [0.15, 0.2) is 0 Å². The molecule has 0 radical (unpaired) electrons. The first-order valence-electron chi connectivity index (χ1n) is 10.6. The maximum absolute atomic E-state index is 14.4. The fourth-order valence-electron chi connectivity index (χ4n) is 3.28. The number of aromatic nitrogens is 6. The van der Waals surface area contributed by atoms with Crippen molar-refractivity contribution >= 4 is 11.7 Å². The number of hydrogen-bond donors (Lipinski definition) is 2. The predicted octanol–water partition coefficient (Wildman–Crippen LogP) is 2.53. The van der Waals surface area contributed by atoms with Gasteiger partial charge in [0.25, 0.3) is 0 Å². The van der Waals surface area contributed by atoms with Gasteiger partial charge < -0.3 is 10.6 Å². The minimum absolute atomic E-state index is 0.0370. The van der Waals surface area contributed by atoms with Crippen molar-refractivity contribution in [2.45, 2.75) is 18.9 Å². The monoisotopic (exact) mass is 493 g/mol. The topological polar surface area (TPSA) is 134 Å². The Morgan fingerprint density at radius 3 is 2.67 bits per heavy atom. The van der Waals surface area contributed by atoms with Crippen LogP contribution in [0.15, 0.2) is 61.4 Å². The highest BCUT2D eigenvalue weighted by Crippen LogP contribution is 2.25. The van der Waals surface area contributed by atoms with Crippen molar-refractivity contribution in [1.29, 1.82) is 5.26 Å². The number of nitrogens with one attached hydrogen (secondary N) is 2. The number of hydrogen-bond acceptors (Lipinski definition) is 8. The van der Waals surface area contributed by atoms with E-state index in [1.165, 1.54) is 60.1 Å². The second-order valence-corrected chi connectivity index (χ2v) is 7.46. The van der Waals surface area contributed by atoms with Gasteiger partial charge in [0.1, 0.15) is 30.4 Å². The Kier molecular flexibility index (Phi) is 7.15. The molecule has 3 aromatic heterocycles. The summed E-state index contributed by atoms with van der Waals surface area (Å²) in [5.41, 5.74) is 0.760. The van der Waals surface area contributed by atoms with Crippen LogP contribution in [0.25, 0.3) is 5.69 Å². The number of halogens is 3. The first kappa shape index (κ1) is 24.3. The molecule has 36 heavy (non-hydrogen) atoms. The number of carbonyl (C=O) groups excluding carboxylic acids is 1. The molecule has 1 amide bonds. The van der Waals surface area contributed by atoms with Crippen LogP contribution in [-0.4, -0.2) is 42.2 Å². The zero-order valence-corrected chi connectivity index (χ0v) is 18.6. The van der Waals surface area contributed by atoms with E-state index in [4.69, 9.17) is 0 Å². The van der Waals surface area contributed by atoms with Crippen LogP contribution < -0.4 is 10.6 Å². The van der Waals surface area contributed by atoms with Crippen molar-refractivity contribution in [3.05, 3.63) is 89.9 Å². The molecule has 1 aromatic carbocycles. The Morgan fingerprint density at radius 2 is 1.94 bits per heavy atom. The molecule has 0 saturated carbocycles. The van der Waals surface area contributed by atoms with Crippen LogP contribution in [0.1, 0.15) is 22.6 Å². The van der Waals surface area contributed by atoms with Gasteiger partial charge in [-0.05, 0) is 30.3 Å². The normalized spacial score (nSPS) is 11.1. The second-order valence-electron chi connectivity index (χ2n) is 7.46. The van der Waals surface area contributed by atoms with Gasteiger partial charge in [0, 0.05) is 24.5 Å². The number of carbonyl (C=O) groups is 1. The van der Waals surface area contributed by atoms with Crippen molar-refractivity contribution in [3.8, 4) is 11.8 Å². The molecule has 3 heterocycles. The summed E-state index contributed by atoms with van der Waals surface area (Å²) >= 11 is 0. The SMILES string of the molecule is N#Cc1ccc(NCC(F)(F)c2ncccn2)nc1CC(=O)NCc1c(F)cccc1-n1cncn1. The van der Waals surface area contributed by atoms with Crippen LogP contribution in [0.5, 0.6) is 0 Å². The first-order chi connectivity index (χ1) is 17.4. The lowest BCUT2D eigenvalue weighted by molar-refractivity contribution is -0.120. The summed E-state index contributed by atoms with van der Waals surface area (Å²) < 4.78 is 44.5. The van der Waals surface area contributed by atoms with Crippen LogP contribution in [0.2, 0.25) is 0 Å². The van der Waals surface area contributed by atoms with E-state index >= 15 is 0 Å². The lowest BCUT2D eigenvalue weighted by atomic mass is 10.1. The summed E-state index contributed by atoms with van der Waals surface area (Å²) in [5.74, 6) is -5.09. The molecule has 4 rings (SSSR count). The van der Waals surface area contributed by atoms with E-state index in [-0.39, 0.29) is 35.6 Å². The number of anilines is 1. The van der Waals surface area contributed by atoms with Gasteiger partial charge in [0.05, 0.1) is 29.9 Å². The van der Waals surface area contributed by atoms with E-state index in [1.54, 1.807) is 6.07 Å². The Balaban J connectivity index is 1.44. The molecule has 10 nitrogen and oxygen atoms in total. The third-order valence-corrected chi connectivity index (χ3v) is 5.03. The smallest absolute Gasteiger partial charge is 0.323 e. The van der Waals surface area contributed by atoms with Crippen LogP contribution in [0.3, 0.4) is 0 Å². The van der Waals surface area contributed by atoms with E-state index in [2.05, 4.69) is 35.7 Å². The number of nitrogens with zero attached hydrogens (tertiary/aromatic N) is 7. The van der Waals surface area contributed by atoms with Crippen LogP contribution >= 0.6 is 0 Å². The maximum atomic E-state index is 14.4. The standard InChI is InChI=1S/C23H18F3N9O/c24-17-3-1-4-19(35-14-28-13-33-35)16(17)11-31-21(36)9-18-15(10-27)5-6-20(34-18)32-12-23(25,26)22-29-7-2-8-30-22/h1-8,13-14H,9,11-12H2,(H,31,36)(H,32,34). The number of rotatable bonds is 9. The van der Waals surface area contributed by atoms with Crippen molar-refractivity contribution in [3.63, 3.8) is 0 Å². The summed E-state index contributed by atoms with van der Waals surface area (Å²) in [7, 11) is 0. The Labute approximate surface area is 202 Å². The van der Waals surface area contributed by atoms with Crippen molar-refractivity contribution in [1.82, 2.24) is 35.0 Å². The Morgan fingerprint density at radius 1 is 1.14 bits per heavy atom. The molecule has 0 atom stereocenters. The largest absolute Gasteiger partial charge is 0.363 e. The van der Waals surface area contributed by atoms with Gasteiger partial charge in [-0.2, -0.15) is 19.1 Å². The van der Waals surface area contributed by atoms with E-state index in [0.717, 1.165) is 0 Å². The van der Waals surface area contributed by atoms with E-state index in [1.807, 2.05) is 6.07 Å². The molecule has 4 aromatic rings. The molecule has 0 saturated heterocycles. The molecule has 0 aliphatic heterocycles. The lowest BCUT2D eigenvalue weighted by Crippen LogP contribution is -2.28. The fourth-order valence-corrected chi connectivity index (χ4v) is 3.28. The van der Waals surface area contributed by atoms with Gasteiger partial charge in [-0.15, -0.1) is 0 Å². The first-order valence-corrected chi connectivity index (χ1v) is 10.6. The van der Waals surface area contributed by atoms with Gasteiger partial charge >= 0.3 is 5.92 Å². The summed E-state index contributed by atoms with van der Waals surface area (Å²) in [6.45, 7) is -1.01. The second kappa shape index (κ2) is 10.6. The van der Waals surface area contributed by atoms with E-state index < -0.39 is 30.0 Å². The number of pyridine rings is 1. The van der Waals surface area contributed by atoms with Crippen molar-refractivity contribution in [2.75, 3.05) is 11.9 Å². The molecule has 0 bridgehead atoms. The highest BCUT2D eigenvalue weighted by Gasteiger charge is 2.34. The molecule has 0 aliphatic rings. The average molecular weight is 493 g/mol. The van der Waals surface area contributed by atoms with Crippen molar-refractivity contribution < 1.29 is 18.0 Å². The molecule has 13 heteroatoms. The molecule has 0 spiro atoms. The van der Waals surface area contributed by atoms with Crippen molar-refractivity contribution in [2.24, 2.45) is 0 Å². The van der Waals surface area contributed by atoms with Crippen LogP contribution in [-0.2, 0) is 23.7 Å². The highest BCUT2D eigenvalue weighted by atomic mass is 19.3. The molecular formula is C23H18F3N9O. The third kappa shape index (κ3) is 5.61. The summed E-state index contributed by atoms with van der Waals surface area (Å²) in [6, 6.07) is 10.5. The number of benzene rings is 1. The quantitative estimate of drug-likeness (QED) is 0.363. The molecular weight excluding hydrogens is 475 g/mol. The van der Waals surface area contributed by atoms with Gasteiger partial charge in [-0.25, -0.2) is 29.0 Å². The number of nitriles is 1. The summed E-state index contributed by atoms with van der Waals surface area (Å²) in [6.07, 6.45) is 4.79. The van der Waals surface area contributed by atoms with Crippen LogP contribution in [0.4, 0.5) is 19.0 Å².